The zero-order valence-electron chi connectivity index (χ0n) is 15.9. The Balaban J connectivity index is 1.85. The number of benzene rings is 2. The molecule has 1 amide bonds. The van der Waals surface area contributed by atoms with Crippen LogP contribution in [0.3, 0.4) is 0 Å². The van der Waals surface area contributed by atoms with Crippen molar-refractivity contribution in [3.05, 3.63) is 71.8 Å². The quantitative estimate of drug-likeness (QED) is 0.620. The van der Waals surface area contributed by atoms with Gasteiger partial charge in [-0.05, 0) is 17.5 Å². The molecule has 0 aliphatic heterocycles. The number of carbonyl (C=O) groups is 3. The lowest BCUT2D eigenvalue weighted by Crippen LogP contribution is -2.37. The Kier molecular flexibility index (Phi) is 9.28. The van der Waals surface area contributed by atoms with Gasteiger partial charge >= 0.3 is 5.97 Å². The zero-order chi connectivity index (χ0) is 20.2. The molecule has 0 aliphatic carbocycles. The van der Waals surface area contributed by atoms with Gasteiger partial charge < -0.3 is 10.1 Å². The van der Waals surface area contributed by atoms with Crippen LogP contribution in [0.15, 0.2) is 60.7 Å². The molecule has 0 saturated carbocycles. The SMILES string of the molecule is CCC(=O)SC[C@@H](Cc1ccccc1)C(=O)NCC(=O)OCc1ccccc1. The van der Waals surface area contributed by atoms with E-state index in [1.807, 2.05) is 60.7 Å². The first-order valence-electron chi connectivity index (χ1n) is 9.25. The molecular weight excluding hydrogens is 374 g/mol. The molecule has 0 spiro atoms. The number of amides is 1. The van der Waals surface area contributed by atoms with Gasteiger partial charge in [-0.25, -0.2) is 0 Å². The molecule has 0 heterocycles. The van der Waals surface area contributed by atoms with Crippen LogP contribution in [0, 0.1) is 5.92 Å². The largest absolute Gasteiger partial charge is 0.460 e. The van der Waals surface area contributed by atoms with Crippen molar-refractivity contribution in [2.24, 2.45) is 5.92 Å². The molecule has 0 saturated heterocycles. The van der Waals surface area contributed by atoms with Crippen LogP contribution in [0.25, 0.3) is 0 Å². The van der Waals surface area contributed by atoms with Crippen LogP contribution in [0.2, 0.25) is 0 Å². The monoisotopic (exact) mass is 399 g/mol. The first-order chi connectivity index (χ1) is 13.6. The highest BCUT2D eigenvalue weighted by molar-refractivity contribution is 8.13. The second-order valence-electron chi connectivity index (χ2n) is 6.29. The lowest BCUT2D eigenvalue weighted by Gasteiger charge is -2.16. The van der Waals surface area contributed by atoms with E-state index in [1.165, 1.54) is 0 Å². The summed E-state index contributed by atoms with van der Waals surface area (Å²) in [7, 11) is 0. The minimum atomic E-state index is -0.493. The molecule has 2 aromatic rings. The van der Waals surface area contributed by atoms with Gasteiger partial charge in [0.1, 0.15) is 13.2 Å². The molecule has 0 aromatic heterocycles. The summed E-state index contributed by atoms with van der Waals surface area (Å²) in [6, 6.07) is 19.0. The summed E-state index contributed by atoms with van der Waals surface area (Å²) in [6.07, 6.45) is 0.936. The molecule has 1 N–H and O–H groups in total. The first kappa shape index (κ1) is 21.7. The highest BCUT2D eigenvalue weighted by atomic mass is 32.2. The summed E-state index contributed by atoms with van der Waals surface area (Å²) in [5.74, 6) is -0.762. The predicted molar refractivity (Wildman–Crippen MR) is 111 cm³/mol. The molecule has 0 unspecified atom stereocenters. The second kappa shape index (κ2) is 12.0. The van der Waals surface area contributed by atoms with Crippen LogP contribution in [0.1, 0.15) is 24.5 Å². The fraction of sp³-hybridized carbons (Fsp3) is 0.318. The van der Waals surface area contributed by atoms with Crippen molar-refractivity contribution in [2.75, 3.05) is 12.3 Å². The Morgan fingerprint density at radius 1 is 0.964 bits per heavy atom. The van der Waals surface area contributed by atoms with E-state index in [0.29, 0.717) is 18.6 Å². The van der Waals surface area contributed by atoms with Gasteiger partial charge in [-0.1, -0.05) is 79.3 Å². The standard InChI is InChI=1S/C22H25NO4S/c1-2-21(25)28-16-19(13-17-9-5-3-6-10-17)22(26)23-14-20(24)27-15-18-11-7-4-8-12-18/h3-12,19H,2,13-16H2,1H3,(H,23,26)/t19-/m1/s1. The van der Waals surface area contributed by atoms with Crippen molar-refractivity contribution in [1.29, 1.82) is 0 Å². The van der Waals surface area contributed by atoms with E-state index in [9.17, 15) is 14.4 Å². The minimum absolute atomic E-state index is 0.0492. The van der Waals surface area contributed by atoms with Crippen molar-refractivity contribution in [1.82, 2.24) is 5.32 Å². The third-order valence-electron chi connectivity index (χ3n) is 4.08. The highest BCUT2D eigenvalue weighted by Crippen LogP contribution is 2.17. The maximum atomic E-state index is 12.6. The molecule has 2 aromatic carbocycles. The summed E-state index contributed by atoms with van der Waals surface area (Å²) >= 11 is 1.16. The topological polar surface area (TPSA) is 72.5 Å². The Labute approximate surface area is 169 Å². The predicted octanol–water partition coefficient (Wildman–Crippen LogP) is 3.37. The summed E-state index contributed by atoms with van der Waals surface area (Å²) in [5.41, 5.74) is 1.90. The van der Waals surface area contributed by atoms with Gasteiger partial charge in [0.05, 0.1) is 5.92 Å². The third-order valence-corrected chi connectivity index (χ3v) is 5.26. The summed E-state index contributed by atoms with van der Waals surface area (Å²) in [4.78, 5) is 36.1. The van der Waals surface area contributed by atoms with Crippen LogP contribution in [0.4, 0.5) is 0 Å². The second-order valence-corrected chi connectivity index (χ2v) is 7.36. The van der Waals surface area contributed by atoms with Gasteiger partial charge in [0.25, 0.3) is 0 Å². The van der Waals surface area contributed by atoms with E-state index < -0.39 is 11.9 Å². The van der Waals surface area contributed by atoms with Crippen LogP contribution in [0.5, 0.6) is 0 Å². The fourth-order valence-electron chi connectivity index (χ4n) is 2.51. The van der Waals surface area contributed by atoms with Gasteiger partial charge in [-0.2, -0.15) is 0 Å². The average molecular weight is 400 g/mol. The van der Waals surface area contributed by atoms with Gasteiger partial charge in [-0.15, -0.1) is 0 Å². The number of thioether (sulfide) groups is 1. The number of nitrogens with one attached hydrogen (secondary N) is 1. The Hall–Kier alpha value is -2.60. The molecule has 28 heavy (non-hydrogen) atoms. The first-order valence-corrected chi connectivity index (χ1v) is 10.2. The third kappa shape index (κ3) is 7.96. The van der Waals surface area contributed by atoms with E-state index in [0.717, 1.165) is 22.9 Å². The molecule has 0 radical (unpaired) electrons. The fourth-order valence-corrected chi connectivity index (χ4v) is 3.37. The molecular formula is C22H25NO4S. The number of ether oxygens (including phenoxy) is 1. The molecule has 5 nitrogen and oxygen atoms in total. The maximum absolute atomic E-state index is 12.6. The van der Waals surface area contributed by atoms with Crippen molar-refractivity contribution < 1.29 is 19.1 Å². The lowest BCUT2D eigenvalue weighted by atomic mass is 10.0. The Bertz CT molecular complexity index is 765. The molecule has 0 aliphatic rings. The van der Waals surface area contributed by atoms with Crippen molar-refractivity contribution >= 4 is 28.8 Å². The van der Waals surface area contributed by atoms with E-state index >= 15 is 0 Å². The number of hydrogen-bond acceptors (Lipinski definition) is 5. The summed E-state index contributed by atoms with van der Waals surface area (Å²) in [6.45, 7) is 1.78. The van der Waals surface area contributed by atoms with E-state index in [4.69, 9.17) is 4.74 Å². The van der Waals surface area contributed by atoms with Crippen LogP contribution in [-0.4, -0.2) is 29.3 Å². The Morgan fingerprint density at radius 3 is 2.18 bits per heavy atom. The van der Waals surface area contributed by atoms with Crippen molar-refractivity contribution in [2.45, 2.75) is 26.4 Å². The van der Waals surface area contributed by atoms with Crippen molar-refractivity contribution in [3.8, 4) is 0 Å². The van der Waals surface area contributed by atoms with Crippen LogP contribution in [-0.2, 0) is 32.1 Å². The summed E-state index contributed by atoms with van der Waals surface area (Å²) in [5, 5.41) is 2.69. The van der Waals surface area contributed by atoms with Crippen LogP contribution >= 0.6 is 11.8 Å². The van der Waals surface area contributed by atoms with Gasteiger partial charge in [0.15, 0.2) is 5.12 Å². The van der Waals surface area contributed by atoms with E-state index in [2.05, 4.69) is 5.32 Å². The lowest BCUT2D eigenvalue weighted by molar-refractivity contribution is -0.145. The zero-order valence-corrected chi connectivity index (χ0v) is 16.7. The molecule has 6 heteroatoms. The van der Waals surface area contributed by atoms with Gasteiger partial charge in [0.2, 0.25) is 5.91 Å². The molecule has 1 atom stereocenters. The van der Waals surface area contributed by atoms with E-state index in [1.54, 1.807) is 6.92 Å². The molecule has 148 valence electrons. The number of rotatable bonds is 10. The maximum Gasteiger partial charge on any atom is 0.325 e. The highest BCUT2D eigenvalue weighted by Gasteiger charge is 2.21. The Morgan fingerprint density at radius 2 is 1.57 bits per heavy atom. The smallest absolute Gasteiger partial charge is 0.325 e. The van der Waals surface area contributed by atoms with E-state index in [-0.39, 0.29) is 24.2 Å². The average Bonchev–Trinajstić information content (AvgIpc) is 2.74. The van der Waals surface area contributed by atoms with Gasteiger partial charge in [-0.3, -0.25) is 14.4 Å². The number of hydrogen-bond donors (Lipinski definition) is 1. The number of esters is 1. The van der Waals surface area contributed by atoms with Gasteiger partial charge in [0, 0.05) is 12.2 Å². The van der Waals surface area contributed by atoms with Crippen LogP contribution < -0.4 is 5.32 Å². The summed E-state index contributed by atoms with van der Waals surface area (Å²) < 4.78 is 5.18. The number of carbonyl (C=O) groups excluding carboxylic acids is 3. The molecule has 2 rings (SSSR count). The molecule has 0 fully saturated rings. The van der Waals surface area contributed by atoms with Crippen molar-refractivity contribution in [3.63, 3.8) is 0 Å². The normalized spacial score (nSPS) is 11.5. The minimum Gasteiger partial charge on any atom is -0.460 e. The molecule has 0 bridgehead atoms.